The molecule has 3 atom stereocenters. The Balaban J connectivity index is 1.36. The quantitative estimate of drug-likeness (QED) is 0.707. The molecule has 1 aromatic carbocycles. The average Bonchev–Trinajstić information content (AvgIpc) is 3.35. The van der Waals surface area contributed by atoms with E-state index >= 15 is 0 Å². The maximum Gasteiger partial charge on any atom is 0.274 e. The van der Waals surface area contributed by atoms with Crippen LogP contribution >= 0.6 is 0 Å². The van der Waals surface area contributed by atoms with Crippen LogP contribution in [0.3, 0.4) is 0 Å². The maximum absolute atomic E-state index is 13.7. The molecule has 0 N–H and O–H groups in total. The molecule has 1 aliphatic carbocycles. The molecule has 7 nitrogen and oxygen atoms in total. The number of hydrazone groups is 1. The third kappa shape index (κ3) is 3.52. The predicted molar refractivity (Wildman–Crippen MR) is 109 cm³/mol. The molecule has 2 bridgehead atoms. The van der Waals surface area contributed by atoms with Gasteiger partial charge in [-0.2, -0.15) is 10.1 Å². The fourth-order valence-electron chi connectivity index (χ4n) is 5.21. The van der Waals surface area contributed by atoms with Crippen LogP contribution in [0.5, 0.6) is 0 Å². The number of nitrogens with zero attached hydrogens (tertiary/aromatic N) is 6. The number of hydrogen-bond donors (Lipinski definition) is 0. The second-order valence-corrected chi connectivity index (χ2v) is 8.31. The third-order valence-corrected chi connectivity index (χ3v) is 6.52. The van der Waals surface area contributed by atoms with Gasteiger partial charge in [-0.15, -0.1) is 4.98 Å². The molecule has 31 heavy (non-hydrogen) atoms. The summed E-state index contributed by atoms with van der Waals surface area (Å²) in [6, 6.07) is 4.55. The second-order valence-electron chi connectivity index (χ2n) is 8.31. The Morgan fingerprint density at radius 2 is 1.77 bits per heavy atom. The Morgan fingerprint density at radius 1 is 1.06 bits per heavy atom. The van der Waals surface area contributed by atoms with Gasteiger partial charge in [0.2, 0.25) is 12.2 Å². The van der Waals surface area contributed by atoms with Crippen molar-refractivity contribution in [2.24, 2.45) is 22.9 Å². The van der Waals surface area contributed by atoms with Crippen LogP contribution in [0.2, 0.25) is 0 Å². The first kappa shape index (κ1) is 19.5. The highest BCUT2D eigenvalue weighted by atomic mass is 19.1. The molecule has 1 saturated heterocycles. The lowest BCUT2D eigenvalue weighted by atomic mass is 9.83. The summed E-state index contributed by atoms with van der Waals surface area (Å²) in [4.78, 5) is 27.2. The topological polar surface area (TPSA) is 66.1 Å². The molecule has 1 aromatic heterocycles. The lowest BCUT2D eigenvalue weighted by molar-refractivity contribution is -0.140. The van der Waals surface area contributed by atoms with Gasteiger partial charge in [-0.3, -0.25) is 4.79 Å². The van der Waals surface area contributed by atoms with E-state index in [1.54, 1.807) is 12.3 Å². The number of rotatable bonds is 3. The van der Waals surface area contributed by atoms with Crippen molar-refractivity contribution in [1.29, 1.82) is 0 Å². The summed E-state index contributed by atoms with van der Waals surface area (Å²) in [5.41, 5.74) is 0.417. The average molecular weight is 422 g/mol. The summed E-state index contributed by atoms with van der Waals surface area (Å²) < 4.78 is 27.5. The third-order valence-electron chi connectivity index (χ3n) is 6.52. The molecule has 9 heteroatoms. The van der Waals surface area contributed by atoms with Crippen molar-refractivity contribution >= 4 is 23.8 Å². The van der Waals surface area contributed by atoms with Gasteiger partial charge in [-0.25, -0.2) is 13.8 Å². The minimum absolute atomic E-state index is 0.0832. The van der Waals surface area contributed by atoms with E-state index in [4.69, 9.17) is 6.57 Å². The van der Waals surface area contributed by atoms with Crippen molar-refractivity contribution in [3.05, 3.63) is 59.2 Å². The Kier molecular flexibility index (Phi) is 4.85. The van der Waals surface area contributed by atoms with Gasteiger partial charge >= 0.3 is 0 Å². The summed E-state index contributed by atoms with van der Waals surface area (Å²) in [5, 5.41) is 5.69. The van der Waals surface area contributed by atoms with Crippen molar-refractivity contribution in [3.63, 3.8) is 0 Å². The summed E-state index contributed by atoms with van der Waals surface area (Å²) in [5.74, 6) is -0.313. The van der Waals surface area contributed by atoms with E-state index in [9.17, 15) is 13.6 Å². The highest BCUT2D eigenvalue weighted by Gasteiger charge is 2.49. The minimum Gasteiger partial charge on any atom is -0.360 e. The molecule has 2 aliphatic heterocycles. The van der Waals surface area contributed by atoms with Crippen molar-refractivity contribution in [3.8, 4) is 0 Å². The molecule has 3 heterocycles. The molecular weight excluding hydrogens is 402 g/mol. The van der Waals surface area contributed by atoms with Crippen molar-refractivity contribution in [1.82, 2.24) is 15.0 Å². The number of aromatic nitrogens is 2. The second kappa shape index (κ2) is 7.69. The van der Waals surface area contributed by atoms with Crippen molar-refractivity contribution < 1.29 is 13.6 Å². The van der Waals surface area contributed by atoms with Gasteiger partial charge in [0, 0.05) is 43.8 Å². The molecule has 5 rings (SSSR count). The lowest BCUT2D eigenvalue weighted by Crippen LogP contribution is -2.48. The molecule has 0 spiro atoms. The SMILES string of the molecule is [C-]#[N+]c1cc(N2CC3CCC(C2)C3C(=O)N2N=CCC2c2cc(F)cc(F)c2)ncn1. The van der Waals surface area contributed by atoms with E-state index in [0.717, 1.165) is 18.9 Å². The number of benzene rings is 1. The first-order chi connectivity index (χ1) is 15.0. The molecule has 3 aliphatic rings. The van der Waals surface area contributed by atoms with E-state index in [2.05, 4.69) is 24.8 Å². The van der Waals surface area contributed by atoms with Gasteiger partial charge in [0.1, 0.15) is 17.5 Å². The molecule has 0 radical (unpaired) electrons. The van der Waals surface area contributed by atoms with Gasteiger partial charge in [0.15, 0.2) is 0 Å². The molecule has 2 aromatic rings. The van der Waals surface area contributed by atoms with Crippen LogP contribution < -0.4 is 4.90 Å². The largest absolute Gasteiger partial charge is 0.360 e. The monoisotopic (exact) mass is 422 g/mol. The van der Waals surface area contributed by atoms with E-state index in [1.807, 2.05) is 0 Å². The zero-order valence-electron chi connectivity index (χ0n) is 16.7. The standard InChI is InChI=1S/C22H20F2N6O/c1-25-19-9-20(27-12-26-19)29-10-13-2-3-14(11-29)21(13)22(31)30-18(4-5-28-30)15-6-16(23)8-17(24)7-15/h5-9,12-14,18,21H,2-4,10-11H2. The van der Waals surface area contributed by atoms with Crippen LogP contribution in [-0.4, -0.2) is 40.2 Å². The van der Waals surface area contributed by atoms with E-state index < -0.39 is 17.7 Å². The van der Waals surface area contributed by atoms with Crippen molar-refractivity contribution in [2.45, 2.75) is 25.3 Å². The van der Waals surface area contributed by atoms with Crippen LogP contribution in [0.25, 0.3) is 4.85 Å². The van der Waals surface area contributed by atoms with Crippen LogP contribution in [-0.2, 0) is 4.79 Å². The highest BCUT2D eigenvalue weighted by molar-refractivity contribution is 5.83. The molecule has 158 valence electrons. The van der Waals surface area contributed by atoms with Gasteiger partial charge in [0.05, 0.1) is 6.04 Å². The van der Waals surface area contributed by atoms with Crippen LogP contribution in [0.4, 0.5) is 20.4 Å². The number of anilines is 1. The van der Waals surface area contributed by atoms with E-state index in [-0.39, 0.29) is 23.7 Å². The number of piperidine rings is 1. The van der Waals surface area contributed by atoms with Crippen molar-refractivity contribution in [2.75, 3.05) is 18.0 Å². The summed E-state index contributed by atoms with van der Waals surface area (Å²) >= 11 is 0. The Bertz CT molecular complexity index is 1070. The van der Waals surface area contributed by atoms with Gasteiger partial charge in [-0.05, 0) is 42.4 Å². The van der Waals surface area contributed by atoms with Crippen LogP contribution in [0.1, 0.15) is 30.9 Å². The molecular formula is C22H20F2N6O. The fraction of sp³-hybridized carbons (Fsp3) is 0.409. The Labute approximate surface area is 178 Å². The zero-order valence-corrected chi connectivity index (χ0v) is 16.7. The lowest BCUT2D eigenvalue weighted by Gasteiger charge is -2.39. The number of halogens is 2. The number of amides is 1. The molecule has 1 saturated carbocycles. The summed E-state index contributed by atoms with van der Waals surface area (Å²) in [6.07, 6.45) is 5.31. The minimum atomic E-state index is -0.661. The van der Waals surface area contributed by atoms with Crippen LogP contribution in [0, 0.1) is 36.0 Å². The number of carbonyl (C=O) groups is 1. The van der Waals surface area contributed by atoms with Crippen LogP contribution in [0.15, 0.2) is 35.7 Å². The maximum atomic E-state index is 13.7. The zero-order chi connectivity index (χ0) is 21.5. The fourth-order valence-corrected chi connectivity index (χ4v) is 5.21. The first-order valence-corrected chi connectivity index (χ1v) is 10.3. The predicted octanol–water partition coefficient (Wildman–Crippen LogP) is 3.73. The summed E-state index contributed by atoms with van der Waals surface area (Å²) in [7, 11) is 0. The molecule has 2 fully saturated rings. The van der Waals surface area contributed by atoms with E-state index in [1.165, 1.54) is 23.5 Å². The highest BCUT2D eigenvalue weighted by Crippen LogP contribution is 2.45. The Morgan fingerprint density at radius 3 is 2.45 bits per heavy atom. The normalized spacial score (nSPS) is 26.9. The summed E-state index contributed by atoms with van der Waals surface area (Å²) in [6.45, 7) is 8.48. The van der Waals surface area contributed by atoms with Gasteiger partial charge in [-0.1, -0.05) is 6.57 Å². The molecule has 3 unspecified atom stereocenters. The smallest absolute Gasteiger partial charge is 0.274 e. The Hall–Kier alpha value is -3.41. The number of carbonyl (C=O) groups excluding carboxylic acids is 1. The number of fused-ring (bicyclic) bond motifs is 2. The van der Waals surface area contributed by atoms with Gasteiger partial charge in [0.25, 0.3) is 5.82 Å². The number of hydrogen-bond acceptors (Lipinski definition) is 5. The molecule has 1 amide bonds. The van der Waals surface area contributed by atoms with E-state index in [0.29, 0.717) is 36.7 Å². The first-order valence-electron chi connectivity index (χ1n) is 10.3. The van der Waals surface area contributed by atoms with Gasteiger partial charge < -0.3 is 9.74 Å².